The molecule has 1 unspecified atom stereocenters. The monoisotopic (exact) mass is 254 g/mol. The zero-order chi connectivity index (χ0) is 13.2. The first-order chi connectivity index (χ1) is 9.25. The molecule has 0 amide bonds. The van der Waals surface area contributed by atoms with E-state index in [9.17, 15) is 9.90 Å². The minimum Gasteiger partial charge on any atom is -0.481 e. The van der Waals surface area contributed by atoms with Crippen LogP contribution in [-0.4, -0.2) is 22.6 Å². The zero-order valence-corrected chi connectivity index (χ0v) is 10.4. The van der Waals surface area contributed by atoms with Crippen LogP contribution in [0.1, 0.15) is 17.2 Å². The van der Waals surface area contributed by atoms with Crippen LogP contribution in [0.5, 0.6) is 0 Å². The third-order valence-electron chi connectivity index (χ3n) is 3.43. The molecule has 1 aromatic carbocycles. The highest BCUT2D eigenvalue weighted by molar-refractivity contribution is 5.82. The zero-order valence-electron chi connectivity index (χ0n) is 10.4. The molecule has 0 fully saturated rings. The number of para-hydroxylation sites is 1. The van der Waals surface area contributed by atoms with Crippen molar-refractivity contribution in [1.29, 1.82) is 0 Å². The van der Waals surface area contributed by atoms with Gasteiger partial charge in [-0.2, -0.15) is 0 Å². The van der Waals surface area contributed by atoms with Gasteiger partial charge >= 0.3 is 5.97 Å². The highest BCUT2D eigenvalue weighted by atomic mass is 16.4. The summed E-state index contributed by atoms with van der Waals surface area (Å²) in [5.74, 6) is -1.21. The van der Waals surface area contributed by atoms with E-state index in [1.807, 2.05) is 42.5 Å². The number of pyridine rings is 1. The van der Waals surface area contributed by atoms with E-state index in [0.29, 0.717) is 13.1 Å². The van der Waals surface area contributed by atoms with Crippen LogP contribution in [0.2, 0.25) is 0 Å². The van der Waals surface area contributed by atoms with E-state index >= 15 is 0 Å². The van der Waals surface area contributed by atoms with Crippen LogP contribution in [-0.2, 0) is 11.3 Å². The summed E-state index contributed by atoms with van der Waals surface area (Å²) in [4.78, 5) is 17.7. The maximum atomic E-state index is 11.3. The topological polar surface area (TPSA) is 53.4 Å². The van der Waals surface area contributed by atoms with Crippen LogP contribution >= 0.6 is 0 Å². The Kier molecular flexibility index (Phi) is 2.91. The molecule has 1 N–H and O–H groups in total. The van der Waals surface area contributed by atoms with Crippen LogP contribution in [0.25, 0.3) is 0 Å². The molecule has 0 bridgehead atoms. The quantitative estimate of drug-likeness (QED) is 0.913. The van der Waals surface area contributed by atoms with Gasteiger partial charge in [0.25, 0.3) is 0 Å². The Morgan fingerprint density at radius 2 is 2.05 bits per heavy atom. The number of aliphatic carboxylic acids is 1. The fraction of sp³-hybridized carbons (Fsp3) is 0.200. The third-order valence-corrected chi connectivity index (χ3v) is 3.43. The Morgan fingerprint density at radius 1 is 1.26 bits per heavy atom. The average Bonchev–Trinajstić information content (AvgIpc) is 2.79. The van der Waals surface area contributed by atoms with Gasteiger partial charge in [-0.1, -0.05) is 24.3 Å². The molecule has 1 atom stereocenters. The van der Waals surface area contributed by atoms with Gasteiger partial charge < -0.3 is 10.0 Å². The minimum atomic E-state index is -0.768. The molecule has 19 heavy (non-hydrogen) atoms. The smallest absolute Gasteiger partial charge is 0.312 e. The normalized spacial score (nSPS) is 17.3. The van der Waals surface area contributed by atoms with Crippen LogP contribution in [0.3, 0.4) is 0 Å². The van der Waals surface area contributed by atoms with Gasteiger partial charge in [0.2, 0.25) is 0 Å². The van der Waals surface area contributed by atoms with Gasteiger partial charge in [0.05, 0.1) is 12.2 Å². The van der Waals surface area contributed by atoms with E-state index < -0.39 is 11.9 Å². The number of carboxylic acids is 1. The molecule has 1 aliphatic rings. The SMILES string of the molecule is O=C(O)C1CN(Cc2ccccn2)c2ccccc21. The van der Waals surface area contributed by atoms with Gasteiger partial charge in [-0.25, -0.2) is 0 Å². The predicted molar refractivity (Wildman–Crippen MR) is 72.1 cm³/mol. The summed E-state index contributed by atoms with van der Waals surface area (Å²) in [6.07, 6.45) is 1.76. The van der Waals surface area contributed by atoms with Gasteiger partial charge in [-0.15, -0.1) is 0 Å². The predicted octanol–water partition coefficient (Wildman–Crippen LogP) is 2.27. The molecule has 0 saturated carbocycles. The largest absolute Gasteiger partial charge is 0.481 e. The molecule has 0 aliphatic carbocycles. The van der Waals surface area contributed by atoms with Crippen molar-refractivity contribution in [2.24, 2.45) is 0 Å². The summed E-state index contributed by atoms with van der Waals surface area (Å²) in [6.45, 7) is 1.15. The molecule has 96 valence electrons. The van der Waals surface area contributed by atoms with E-state index in [1.165, 1.54) is 0 Å². The second kappa shape index (κ2) is 4.72. The second-order valence-corrected chi connectivity index (χ2v) is 4.65. The molecule has 0 spiro atoms. The van der Waals surface area contributed by atoms with Crippen LogP contribution in [0.15, 0.2) is 48.7 Å². The number of hydrogen-bond acceptors (Lipinski definition) is 3. The van der Waals surface area contributed by atoms with Crippen molar-refractivity contribution >= 4 is 11.7 Å². The summed E-state index contributed by atoms with van der Waals surface area (Å²) in [6, 6.07) is 13.5. The number of benzene rings is 1. The number of nitrogens with zero attached hydrogens (tertiary/aromatic N) is 2. The Hall–Kier alpha value is -2.36. The second-order valence-electron chi connectivity index (χ2n) is 4.65. The molecular weight excluding hydrogens is 240 g/mol. The average molecular weight is 254 g/mol. The van der Waals surface area contributed by atoms with Crippen molar-refractivity contribution < 1.29 is 9.90 Å². The van der Waals surface area contributed by atoms with Crippen molar-refractivity contribution in [2.45, 2.75) is 12.5 Å². The Balaban J connectivity index is 1.91. The number of hydrogen-bond donors (Lipinski definition) is 1. The fourth-order valence-electron chi connectivity index (χ4n) is 2.54. The number of aromatic nitrogens is 1. The van der Waals surface area contributed by atoms with Crippen molar-refractivity contribution in [3.05, 3.63) is 59.9 Å². The minimum absolute atomic E-state index is 0.445. The highest BCUT2D eigenvalue weighted by Gasteiger charge is 2.33. The molecule has 0 saturated heterocycles. The standard InChI is InChI=1S/C15H14N2O2/c18-15(19)13-10-17(9-11-5-3-4-8-16-11)14-7-2-1-6-12(13)14/h1-8,13H,9-10H2,(H,18,19). The maximum absolute atomic E-state index is 11.3. The number of fused-ring (bicyclic) bond motifs is 1. The lowest BCUT2D eigenvalue weighted by Crippen LogP contribution is -2.24. The molecule has 3 rings (SSSR count). The van der Waals surface area contributed by atoms with Crippen LogP contribution in [0, 0.1) is 0 Å². The molecule has 4 nitrogen and oxygen atoms in total. The first-order valence-electron chi connectivity index (χ1n) is 6.22. The fourth-order valence-corrected chi connectivity index (χ4v) is 2.54. The van der Waals surface area contributed by atoms with Crippen molar-refractivity contribution in [3.8, 4) is 0 Å². The summed E-state index contributed by atoms with van der Waals surface area (Å²) < 4.78 is 0. The molecule has 2 aromatic rings. The molecular formula is C15H14N2O2. The van der Waals surface area contributed by atoms with E-state index in [4.69, 9.17) is 0 Å². The van der Waals surface area contributed by atoms with Crippen molar-refractivity contribution in [1.82, 2.24) is 4.98 Å². The maximum Gasteiger partial charge on any atom is 0.312 e. The van der Waals surface area contributed by atoms with Crippen molar-refractivity contribution in [2.75, 3.05) is 11.4 Å². The van der Waals surface area contributed by atoms with E-state index in [1.54, 1.807) is 6.20 Å². The molecule has 1 aliphatic heterocycles. The molecule has 1 aromatic heterocycles. The van der Waals surface area contributed by atoms with Crippen molar-refractivity contribution in [3.63, 3.8) is 0 Å². The van der Waals surface area contributed by atoms with E-state index in [-0.39, 0.29) is 0 Å². The first-order valence-corrected chi connectivity index (χ1v) is 6.22. The Bertz CT molecular complexity index is 598. The lowest BCUT2D eigenvalue weighted by atomic mass is 10.0. The summed E-state index contributed by atoms with van der Waals surface area (Å²) >= 11 is 0. The van der Waals surface area contributed by atoms with Gasteiger partial charge in [0, 0.05) is 18.4 Å². The summed E-state index contributed by atoms with van der Waals surface area (Å²) in [7, 11) is 0. The van der Waals surface area contributed by atoms with Gasteiger partial charge in [0.15, 0.2) is 0 Å². The van der Waals surface area contributed by atoms with Gasteiger partial charge in [-0.3, -0.25) is 9.78 Å². The number of carboxylic acid groups (broad SMARTS) is 1. The van der Waals surface area contributed by atoms with E-state index in [2.05, 4.69) is 9.88 Å². The molecule has 2 heterocycles. The Morgan fingerprint density at radius 3 is 2.79 bits per heavy atom. The summed E-state index contributed by atoms with van der Waals surface area (Å²) in [5, 5.41) is 9.30. The van der Waals surface area contributed by atoms with Crippen LogP contribution in [0.4, 0.5) is 5.69 Å². The van der Waals surface area contributed by atoms with E-state index in [0.717, 1.165) is 16.9 Å². The number of carbonyl (C=O) groups is 1. The Labute approximate surface area is 111 Å². The lowest BCUT2D eigenvalue weighted by Gasteiger charge is -2.18. The molecule has 4 heteroatoms. The highest BCUT2D eigenvalue weighted by Crippen LogP contribution is 2.36. The molecule has 0 radical (unpaired) electrons. The first kappa shape index (κ1) is 11.7. The summed E-state index contributed by atoms with van der Waals surface area (Å²) in [5.41, 5.74) is 2.84. The third kappa shape index (κ3) is 2.17. The van der Waals surface area contributed by atoms with Gasteiger partial charge in [-0.05, 0) is 23.8 Å². The van der Waals surface area contributed by atoms with Crippen LogP contribution < -0.4 is 4.90 Å². The number of anilines is 1. The van der Waals surface area contributed by atoms with Gasteiger partial charge in [0.1, 0.15) is 5.92 Å². The number of rotatable bonds is 3. The lowest BCUT2D eigenvalue weighted by molar-refractivity contribution is -0.138.